The van der Waals surface area contributed by atoms with Crippen LogP contribution in [-0.4, -0.2) is 30.6 Å². The SMILES string of the molecule is CCC(C)CN1CCCC(C(C)N)C1. The maximum atomic E-state index is 5.97. The number of nitrogens with two attached hydrogens (primary N) is 1. The van der Waals surface area contributed by atoms with Gasteiger partial charge in [0.15, 0.2) is 0 Å². The first kappa shape index (κ1) is 12.0. The van der Waals surface area contributed by atoms with Gasteiger partial charge in [0.25, 0.3) is 0 Å². The fourth-order valence-electron chi connectivity index (χ4n) is 2.26. The van der Waals surface area contributed by atoms with Crippen LogP contribution in [0.1, 0.15) is 40.0 Å². The molecule has 0 amide bonds. The molecule has 1 aliphatic rings. The first-order chi connectivity index (χ1) is 6.63. The van der Waals surface area contributed by atoms with E-state index in [-0.39, 0.29) is 0 Å². The summed E-state index contributed by atoms with van der Waals surface area (Å²) in [5.74, 6) is 1.56. The third kappa shape index (κ3) is 3.58. The smallest absolute Gasteiger partial charge is 0.00509 e. The lowest BCUT2D eigenvalue weighted by atomic mass is 9.91. The molecule has 0 aromatic heterocycles. The maximum absolute atomic E-state index is 5.97. The van der Waals surface area contributed by atoms with E-state index in [1.807, 2.05) is 0 Å². The van der Waals surface area contributed by atoms with Crippen LogP contribution in [0.2, 0.25) is 0 Å². The normalized spacial score (nSPS) is 28.7. The average Bonchev–Trinajstić information content (AvgIpc) is 2.18. The molecule has 0 aromatic carbocycles. The Morgan fingerprint density at radius 3 is 2.71 bits per heavy atom. The molecule has 3 unspecified atom stereocenters. The standard InChI is InChI=1S/C12H26N2/c1-4-10(2)8-14-7-5-6-12(9-14)11(3)13/h10-12H,4-9,13H2,1-3H3. The minimum atomic E-state index is 0.370. The van der Waals surface area contributed by atoms with Crippen LogP contribution in [0, 0.1) is 11.8 Å². The summed E-state index contributed by atoms with van der Waals surface area (Å²) >= 11 is 0. The molecule has 1 heterocycles. The summed E-state index contributed by atoms with van der Waals surface area (Å²) in [5, 5.41) is 0. The Labute approximate surface area is 88.8 Å². The van der Waals surface area contributed by atoms with E-state index in [2.05, 4.69) is 25.7 Å². The molecule has 3 atom stereocenters. The minimum Gasteiger partial charge on any atom is -0.328 e. The highest BCUT2D eigenvalue weighted by atomic mass is 15.1. The molecule has 14 heavy (non-hydrogen) atoms. The van der Waals surface area contributed by atoms with Gasteiger partial charge in [-0.2, -0.15) is 0 Å². The van der Waals surface area contributed by atoms with E-state index in [1.165, 1.54) is 38.9 Å². The van der Waals surface area contributed by atoms with Gasteiger partial charge in [0, 0.05) is 19.1 Å². The van der Waals surface area contributed by atoms with Gasteiger partial charge < -0.3 is 10.6 Å². The van der Waals surface area contributed by atoms with Crippen LogP contribution in [-0.2, 0) is 0 Å². The Kier molecular flexibility index (Phi) is 4.90. The quantitative estimate of drug-likeness (QED) is 0.749. The third-order valence-electron chi connectivity index (χ3n) is 3.55. The van der Waals surface area contributed by atoms with Crippen LogP contribution >= 0.6 is 0 Å². The fraction of sp³-hybridized carbons (Fsp3) is 1.00. The highest BCUT2D eigenvalue weighted by Crippen LogP contribution is 2.19. The van der Waals surface area contributed by atoms with Crippen molar-refractivity contribution in [2.24, 2.45) is 17.6 Å². The number of nitrogens with zero attached hydrogens (tertiary/aromatic N) is 1. The highest BCUT2D eigenvalue weighted by molar-refractivity contribution is 4.78. The van der Waals surface area contributed by atoms with Crippen LogP contribution < -0.4 is 5.73 Å². The van der Waals surface area contributed by atoms with Crippen molar-refractivity contribution in [3.8, 4) is 0 Å². The van der Waals surface area contributed by atoms with E-state index < -0.39 is 0 Å². The van der Waals surface area contributed by atoms with Gasteiger partial charge in [-0.1, -0.05) is 20.3 Å². The molecule has 84 valence electrons. The lowest BCUT2D eigenvalue weighted by molar-refractivity contribution is 0.142. The van der Waals surface area contributed by atoms with Crippen molar-refractivity contribution in [2.75, 3.05) is 19.6 Å². The van der Waals surface area contributed by atoms with E-state index in [1.54, 1.807) is 0 Å². The van der Waals surface area contributed by atoms with Crippen molar-refractivity contribution in [1.82, 2.24) is 4.90 Å². The van der Waals surface area contributed by atoms with Crippen LogP contribution in [0.25, 0.3) is 0 Å². The lowest BCUT2D eigenvalue weighted by Crippen LogP contribution is -2.43. The van der Waals surface area contributed by atoms with Gasteiger partial charge in [0.05, 0.1) is 0 Å². The minimum absolute atomic E-state index is 0.370. The molecule has 0 radical (unpaired) electrons. The molecule has 0 spiro atoms. The summed E-state index contributed by atoms with van der Waals surface area (Å²) in [6.07, 6.45) is 3.96. The fourth-order valence-corrected chi connectivity index (χ4v) is 2.26. The Morgan fingerprint density at radius 1 is 1.43 bits per heavy atom. The number of piperidine rings is 1. The Hall–Kier alpha value is -0.0800. The topological polar surface area (TPSA) is 29.3 Å². The molecule has 0 bridgehead atoms. The van der Waals surface area contributed by atoms with Gasteiger partial charge in [-0.3, -0.25) is 0 Å². The third-order valence-corrected chi connectivity index (χ3v) is 3.55. The summed E-state index contributed by atoms with van der Waals surface area (Å²) < 4.78 is 0. The number of hydrogen-bond acceptors (Lipinski definition) is 2. The maximum Gasteiger partial charge on any atom is 0.00509 e. The summed E-state index contributed by atoms with van der Waals surface area (Å²) in [6, 6.07) is 0.370. The Bertz CT molecular complexity index is 156. The summed E-state index contributed by atoms with van der Waals surface area (Å²) in [5.41, 5.74) is 5.97. The van der Waals surface area contributed by atoms with Crippen LogP contribution in [0.15, 0.2) is 0 Å². The average molecular weight is 198 g/mol. The zero-order chi connectivity index (χ0) is 10.6. The van der Waals surface area contributed by atoms with Gasteiger partial charge in [-0.25, -0.2) is 0 Å². The van der Waals surface area contributed by atoms with Crippen LogP contribution in [0.5, 0.6) is 0 Å². The zero-order valence-electron chi connectivity index (χ0n) is 10.00. The second-order valence-electron chi connectivity index (χ2n) is 5.03. The predicted octanol–water partition coefficient (Wildman–Crippen LogP) is 2.09. The van der Waals surface area contributed by atoms with E-state index in [0.717, 1.165) is 11.8 Å². The molecule has 2 nitrogen and oxygen atoms in total. The molecule has 0 aliphatic carbocycles. The van der Waals surface area contributed by atoms with E-state index >= 15 is 0 Å². The van der Waals surface area contributed by atoms with Crippen molar-refractivity contribution in [3.63, 3.8) is 0 Å². The van der Waals surface area contributed by atoms with Gasteiger partial charge >= 0.3 is 0 Å². The van der Waals surface area contributed by atoms with Gasteiger partial charge in [0.1, 0.15) is 0 Å². The molecule has 1 fully saturated rings. The largest absolute Gasteiger partial charge is 0.328 e. The molecule has 0 aromatic rings. The van der Waals surface area contributed by atoms with Crippen LogP contribution in [0.3, 0.4) is 0 Å². The second-order valence-corrected chi connectivity index (χ2v) is 5.03. The van der Waals surface area contributed by atoms with Gasteiger partial charge in [-0.15, -0.1) is 0 Å². The van der Waals surface area contributed by atoms with Crippen molar-refractivity contribution >= 4 is 0 Å². The highest BCUT2D eigenvalue weighted by Gasteiger charge is 2.22. The first-order valence-electron chi connectivity index (χ1n) is 6.11. The molecule has 1 aliphatic heterocycles. The second kappa shape index (κ2) is 5.72. The Balaban J connectivity index is 2.32. The monoisotopic (exact) mass is 198 g/mol. The predicted molar refractivity (Wildman–Crippen MR) is 62.3 cm³/mol. The summed E-state index contributed by atoms with van der Waals surface area (Å²) in [4.78, 5) is 2.60. The van der Waals surface area contributed by atoms with Crippen molar-refractivity contribution in [2.45, 2.75) is 46.1 Å². The number of rotatable bonds is 4. The van der Waals surface area contributed by atoms with E-state index in [0.29, 0.717) is 6.04 Å². The van der Waals surface area contributed by atoms with E-state index in [4.69, 9.17) is 5.73 Å². The van der Waals surface area contributed by atoms with Crippen molar-refractivity contribution < 1.29 is 0 Å². The molecule has 0 saturated carbocycles. The van der Waals surface area contributed by atoms with Crippen LogP contribution in [0.4, 0.5) is 0 Å². The van der Waals surface area contributed by atoms with Crippen molar-refractivity contribution in [1.29, 1.82) is 0 Å². The van der Waals surface area contributed by atoms with Gasteiger partial charge in [-0.05, 0) is 38.1 Å². The zero-order valence-corrected chi connectivity index (χ0v) is 10.00. The van der Waals surface area contributed by atoms with E-state index in [9.17, 15) is 0 Å². The lowest BCUT2D eigenvalue weighted by Gasteiger charge is -2.35. The van der Waals surface area contributed by atoms with Crippen molar-refractivity contribution in [3.05, 3.63) is 0 Å². The molecule has 2 heteroatoms. The molecular formula is C12H26N2. The molecular weight excluding hydrogens is 172 g/mol. The summed E-state index contributed by atoms with van der Waals surface area (Å²) in [6.45, 7) is 10.5. The number of likely N-dealkylation sites (tertiary alicyclic amines) is 1. The molecule has 2 N–H and O–H groups in total. The molecule has 1 rings (SSSR count). The summed E-state index contributed by atoms with van der Waals surface area (Å²) in [7, 11) is 0. The number of hydrogen-bond donors (Lipinski definition) is 1. The first-order valence-corrected chi connectivity index (χ1v) is 6.11. The van der Waals surface area contributed by atoms with Gasteiger partial charge in [0.2, 0.25) is 0 Å². The molecule has 1 saturated heterocycles. The Morgan fingerprint density at radius 2 is 2.14 bits per heavy atom.